The molecule has 0 amide bonds. The number of fused-ring (bicyclic) bond motifs is 2. The fraction of sp³-hybridized carbons (Fsp3) is 0.300. The van der Waals surface area contributed by atoms with Gasteiger partial charge in [0.05, 0.1) is 21.6 Å². The lowest BCUT2D eigenvalue weighted by atomic mass is 9.84. The van der Waals surface area contributed by atoms with E-state index in [1.807, 2.05) is 0 Å². The predicted octanol–water partition coefficient (Wildman–Crippen LogP) is 0.568. The van der Waals surface area contributed by atoms with E-state index in [1.165, 1.54) is 11.3 Å². The van der Waals surface area contributed by atoms with Crippen LogP contribution in [-0.4, -0.2) is 4.98 Å². The zero-order valence-corrected chi connectivity index (χ0v) is 8.60. The highest BCUT2D eigenvalue weighted by atomic mass is 32.1. The van der Waals surface area contributed by atoms with Crippen LogP contribution in [0.4, 0.5) is 5.13 Å². The third-order valence-corrected chi connectivity index (χ3v) is 3.64. The molecule has 4 heteroatoms. The number of anilines is 1. The highest BCUT2D eigenvalue weighted by molar-refractivity contribution is 7.13. The second kappa shape index (κ2) is 2.39. The molecule has 1 atom stereocenters. The van der Waals surface area contributed by atoms with Crippen LogP contribution in [0.3, 0.4) is 0 Å². The van der Waals surface area contributed by atoms with Gasteiger partial charge in [-0.25, -0.2) is 4.98 Å². The topological polar surface area (TPSA) is 48.1 Å². The Morgan fingerprint density at radius 3 is 3.36 bits per heavy atom. The molecule has 1 aromatic rings. The molecule has 0 fully saturated rings. The van der Waals surface area contributed by atoms with Gasteiger partial charge in [0.2, 0.25) is 0 Å². The van der Waals surface area contributed by atoms with Crippen LogP contribution in [0.15, 0.2) is 12.3 Å². The Morgan fingerprint density at radius 2 is 2.50 bits per heavy atom. The second-order valence-electron chi connectivity index (χ2n) is 3.84. The van der Waals surface area contributed by atoms with E-state index in [-0.39, 0.29) is 5.41 Å². The lowest BCUT2D eigenvalue weighted by molar-refractivity contribution is 0.387. The van der Waals surface area contributed by atoms with Gasteiger partial charge in [0.1, 0.15) is 5.76 Å². The quantitative estimate of drug-likeness (QED) is 0.675. The summed E-state index contributed by atoms with van der Waals surface area (Å²) in [6.45, 7) is 2.17. The molecular weight excluding hydrogens is 196 g/mol. The molecule has 72 valence electrons. The zero-order chi connectivity index (χ0) is 9.76. The van der Waals surface area contributed by atoms with E-state index < -0.39 is 0 Å². The molecule has 3 rings (SSSR count). The summed E-state index contributed by atoms with van der Waals surface area (Å²) >= 11 is 1.50. The molecule has 0 spiro atoms. The molecule has 0 bridgehead atoms. The number of hydrogen-bond acceptors (Lipinski definition) is 4. The third kappa shape index (κ3) is 0.889. The van der Waals surface area contributed by atoms with Gasteiger partial charge in [-0.2, -0.15) is 0 Å². The standard InChI is InChI=1S/C10H10N2OS/c1-10-3-2-6-7(14-9(11)12-6)8(10)13-5-4-10/h2,4-5H,3H2,1H3,(H2,11,12). The summed E-state index contributed by atoms with van der Waals surface area (Å²) in [4.78, 5) is 4.25. The number of nitrogens with two attached hydrogens (primary N) is 1. The molecule has 1 aliphatic heterocycles. The van der Waals surface area contributed by atoms with Crippen molar-refractivity contribution in [3.63, 3.8) is 0 Å². The minimum absolute atomic E-state index is 0.0198. The highest BCUT2D eigenvalue weighted by Crippen LogP contribution is 2.40. The van der Waals surface area contributed by atoms with E-state index in [0.29, 0.717) is 5.13 Å². The number of nitrogens with zero attached hydrogens (tertiary/aromatic N) is 1. The molecule has 0 radical (unpaired) electrons. The number of thiazole rings is 1. The molecule has 2 heterocycles. The average Bonchev–Trinajstić information content (AvgIpc) is 2.66. The van der Waals surface area contributed by atoms with Crippen molar-refractivity contribution in [1.82, 2.24) is 4.98 Å². The van der Waals surface area contributed by atoms with Crippen LogP contribution in [-0.2, 0) is 4.74 Å². The normalized spacial score (nSPS) is 27.9. The van der Waals surface area contributed by atoms with Gasteiger partial charge < -0.3 is 10.5 Å². The second-order valence-corrected chi connectivity index (χ2v) is 4.87. The van der Waals surface area contributed by atoms with Crippen molar-refractivity contribution >= 4 is 28.3 Å². The van der Waals surface area contributed by atoms with E-state index in [2.05, 4.69) is 24.1 Å². The smallest absolute Gasteiger partial charge is 0.181 e. The van der Waals surface area contributed by atoms with Crippen molar-refractivity contribution in [1.29, 1.82) is 0 Å². The van der Waals surface area contributed by atoms with Gasteiger partial charge in [-0.05, 0) is 19.4 Å². The van der Waals surface area contributed by atoms with E-state index >= 15 is 0 Å². The van der Waals surface area contributed by atoms with Crippen LogP contribution in [0.1, 0.15) is 13.3 Å². The van der Waals surface area contributed by atoms with Crippen molar-refractivity contribution in [2.45, 2.75) is 13.3 Å². The van der Waals surface area contributed by atoms with Gasteiger partial charge in [-0.3, -0.25) is 0 Å². The van der Waals surface area contributed by atoms with Crippen molar-refractivity contribution in [3.8, 4) is 0 Å². The number of ether oxygens (including phenoxy) is 1. The number of hydrogen-bond donors (Lipinski definition) is 1. The van der Waals surface area contributed by atoms with Gasteiger partial charge in [-0.1, -0.05) is 17.4 Å². The molecule has 3 nitrogen and oxygen atoms in total. The van der Waals surface area contributed by atoms with Crippen LogP contribution in [0.2, 0.25) is 0 Å². The molecule has 2 aliphatic rings. The number of aromatic nitrogens is 1. The first-order valence-corrected chi connectivity index (χ1v) is 5.32. The fourth-order valence-corrected chi connectivity index (χ4v) is 2.86. The molecule has 0 aromatic carbocycles. The van der Waals surface area contributed by atoms with Crippen molar-refractivity contribution in [3.05, 3.63) is 22.2 Å². The maximum absolute atomic E-state index is 5.68. The first kappa shape index (κ1) is 8.05. The van der Waals surface area contributed by atoms with Crippen LogP contribution >= 0.6 is 11.3 Å². The average molecular weight is 206 g/mol. The Hall–Kier alpha value is -1.29. The van der Waals surface area contributed by atoms with Gasteiger partial charge in [0.15, 0.2) is 5.13 Å². The summed E-state index contributed by atoms with van der Waals surface area (Å²) in [7, 11) is 0. The van der Waals surface area contributed by atoms with Gasteiger partial charge in [0, 0.05) is 0 Å². The summed E-state index contributed by atoms with van der Waals surface area (Å²) in [6, 6.07) is 0. The van der Waals surface area contributed by atoms with Crippen molar-refractivity contribution in [2.75, 3.05) is 5.73 Å². The third-order valence-electron chi connectivity index (χ3n) is 2.74. The van der Waals surface area contributed by atoms with E-state index in [9.17, 15) is 0 Å². The van der Waals surface area contributed by atoms with Crippen molar-refractivity contribution < 1.29 is 4.74 Å². The molecule has 14 heavy (non-hydrogen) atoms. The SMILES string of the molecule is CC12C=COC1=c1sc(N)nc1=CC2. The minimum atomic E-state index is 0.0198. The summed E-state index contributed by atoms with van der Waals surface area (Å²) in [6.07, 6.45) is 6.92. The monoisotopic (exact) mass is 206 g/mol. The van der Waals surface area contributed by atoms with Crippen molar-refractivity contribution in [2.24, 2.45) is 5.41 Å². The Balaban J connectivity index is 2.42. The zero-order valence-electron chi connectivity index (χ0n) is 7.78. The van der Waals surface area contributed by atoms with Crippen LogP contribution < -0.4 is 15.6 Å². The van der Waals surface area contributed by atoms with E-state index in [1.54, 1.807) is 6.26 Å². The number of nitrogen functional groups attached to an aromatic ring is 1. The molecule has 0 saturated heterocycles. The largest absolute Gasteiger partial charge is 0.467 e. The van der Waals surface area contributed by atoms with Crippen LogP contribution in [0.25, 0.3) is 11.8 Å². The predicted molar refractivity (Wildman–Crippen MR) is 56.6 cm³/mol. The van der Waals surface area contributed by atoms with Gasteiger partial charge in [0.25, 0.3) is 0 Å². The van der Waals surface area contributed by atoms with E-state index in [0.717, 1.165) is 22.1 Å². The highest BCUT2D eigenvalue weighted by Gasteiger charge is 2.34. The van der Waals surface area contributed by atoms with E-state index in [4.69, 9.17) is 10.5 Å². The van der Waals surface area contributed by atoms with Gasteiger partial charge in [-0.15, -0.1) is 0 Å². The first-order chi connectivity index (χ1) is 6.69. The summed E-state index contributed by atoms with van der Waals surface area (Å²) in [5.74, 6) is 1.00. The molecule has 0 saturated carbocycles. The maximum Gasteiger partial charge on any atom is 0.181 e. The Labute approximate surface area is 85.2 Å². The van der Waals surface area contributed by atoms with Gasteiger partial charge >= 0.3 is 0 Å². The van der Waals surface area contributed by atoms with Crippen LogP contribution in [0, 0.1) is 5.41 Å². The minimum Gasteiger partial charge on any atom is -0.467 e. The van der Waals surface area contributed by atoms with Crippen LogP contribution in [0.5, 0.6) is 0 Å². The summed E-state index contributed by atoms with van der Waals surface area (Å²) in [5.41, 5.74) is 5.70. The molecule has 1 unspecified atom stereocenters. The summed E-state index contributed by atoms with van der Waals surface area (Å²) in [5, 5.41) is 1.59. The Kier molecular flexibility index (Phi) is 1.37. The molecule has 1 aromatic heterocycles. The molecule has 2 N–H and O–H groups in total. The Morgan fingerprint density at radius 1 is 1.64 bits per heavy atom. The lowest BCUT2D eigenvalue weighted by Crippen LogP contribution is -2.33. The maximum atomic E-state index is 5.68. The molecular formula is C10H10N2OS. The summed E-state index contributed by atoms with van der Waals surface area (Å²) < 4.78 is 6.62. The number of rotatable bonds is 0. The fourth-order valence-electron chi connectivity index (χ4n) is 1.90. The lowest BCUT2D eigenvalue weighted by Gasteiger charge is -2.21. The first-order valence-electron chi connectivity index (χ1n) is 4.51. The molecule has 1 aliphatic carbocycles. The Bertz CT molecular complexity index is 543.